The highest BCUT2D eigenvalue weighted by Crippen LogP contribution is 2.25. The van der Waals surface area contributed by atoms with Gasteiger partial charge in [0.15, 0.2) is 5.69 Å². The lowest BCUT2D eigenvalue weighted by Crippen LogP contribution is -2.25. The fraction of sp³-hybridized carbons (Fsp3) is 0.227. The van der Waals surface area contributed by atoms with Crippen LogP contribution in [0.15, 0.2) is 42.7 Å². The summed E-state index contributed by atoms with van der Waals surface area (Å²) in [6.07, 6.45) is 3.55. The molecule has 1 amide bonds. The number of imidazole rings is 1. The van der Waals surface area contributed by atoms with Crippen molar-refractivity contribution < 1.29 is 9.59 Å². The van der Waals surface area contributed by atoms with Gasteiger partial charge in [0.05, 0.1) is 5.69 Å². The lowest BCUT2D eigenvalue weighted by atomic mass is 10.1. The maximum absolute atomic E-state index is 12.9. The number of benzene rings is 2. The van der Waals surface area contributed by atoms with Crippen LogP contribution in [-0.4, -0.2) is 27.3 Å². The van der Waals surface area contributed by atoms with Crippen LogP contribution >= 0.6 is 11.6 Å². The van der Waals surface area contributed by atoms with Crippen LogP contribution in [0.4, 0.5) is 5.82 Å². The molecule has 0 unspecified atom stereocenters. The number of nitrogen functional groups attached to an aromatic ring is 1. The van der Waals surface area contributed by atoms with E-state index in [1.54, 1.807) is 34.9 Å². The van der Waals surface area contributed by atoms with Gasteiger partial charge in [-0.3, -0.25) is 14.2 Å². The predicted molar refractivity (Wildman–Crippen MR) is 113 cm³/mol. The molecule has 4 rings (SSSR count). The van der Waals surface area contributed by atoms with E-state index in [0.717, 1.165) is 24.0 Å². The van der Waals surface area contributed by atoms with Crippen molar-refractivity contribution in [3.05, 3.63) is 75.7 Å². The second-order valence-electron chi connectivity index (χ2n) is 7.44. The monoisotopic (exact) mass is 408 g/mol. The Balaban J connectivity index is 1.69. The minimum atomic E-state index is -0.299. The number of nitrogens with one attached hydrogen (secondary N) is 1. The van der Waals surface area contributed by atoms with E-state index in [2.05, 4.69) is 10.3 Å². The zero-order chi connectivity index (χ0) is 20.7. The van der Waals surface area contributed by atoms with Crippen LogP contribution in [-0.2, 0) is 0 Å². The summed E-state index contributed by atoms with van der Waals surface area (Å²) in [6, 6.07) is 10.8. The molecule has 1 aliphatic rings. The quantitative estimate of drug-likeness (QED) is 0.627. The van der Waals surface area contributed by atoms with Gasteiger partial charge >= 0.3 is 0 Å². The Bertz CT molecular complexity index is 1110. The van der Waals surface area contributed by atoms with Gasteiger partial charge in [-0.15, -0.1) is 0 Å². The molecule has 0 atom stereocenters. The largest absolute Gasteiger partial charge is 0.383 e. The minimum Gasteiger partial charge on any atom is -0.383 e. The first-order valence-electron chi connectivity index (χ1n) is 9.40. The summed E-state index contributed by atoms with van der Waals surface area (Å²) in [7, 11) is 0. The number of carbonyl (C=O) groups is 2. The molecule has 7 heteroatoms. The van der Waals surface area contributed by atoms with E-state index in [-0.39, 0.29) is 29.2 Å². The molecular formula is C22H21ClN4O2. The lowest BCUT2D eigenvalue weighted by Gasteiger charge is -2.12. The molecule has 0 radical (unpaired) electrons. The molecule has 0 saturated heterocycles. The van der Waals surface area contributed by atoms with Gasteiger partial charge in [-0.25, -0.2) is 4.98 Å². The van der Waals surface area contributed by atoms with Crippen LogP contribution in [0.3, 0.4) is 0 Å². The van der Waals surface area contributed by atoms with Crippen molar-refractivity contribution in [2.24, 2.45) is 0 Å². The van der Waals surface area contributed by atoms with Gasteiger partial charge in [-0.05, 0) is 68.1 Å². The number of amides is 1. The molecule has 3 N–H and O–H groups in total. The molecule has 0 aliphatic heterocycles. The predicted octanol–water partition coefficient (Wildman–Crippen LogP) is 3.85. The van der Waals surface area contributed by atoms with Gasteiger partial charge in [0.2, 0.25) is 5.78 Å². The van der Waals surface area contributed by atoms with Gasteiger partial charge in [0.25, 0.3) is 5.91 Å². The summed E-state index contributed by atoms with van der Waals surface area (Å²) >= 11 is 6.08. The van der Waals surface area contributed by atoms with Crippen molar-refractivity contribution in [3.8, 4) is 5.69 Å². The van der Waals surface area contributed by atoms with Crippen molar-refractivity contribution >= 4 is 29.1 Å². The Morgan fingerprint density at radius 3 is 2.59 bits per heavy atom. The molecule has 0 spiro atoms. The Morgan fingerprint density at radius 2 is 1.90 bits per heavy atom. The molecule has 1 heterocycles. The number of halogens is 1. The van der Waals surface area contributed by atoms with Crippen LogP contribution in [0.2, 0.25) is 5.02 Å². The van der Waals surface area contributed by atoms with Crippen molar-refractivity contribution in [2.75, 3.05) is 5.73 Å². The van der Waals surface area contributed by atoms with E-state index in [1.807, 2.05) is 19.9 Å². The van der Waals surface area contributed by atoms with E-state index < -0.39 is 0 Å². The molecular weight excluding hydrogens is 388 g/mol. The third kappa shape index (κ3) is 3.89. The fourth-order valence-corrected chi connectivity index (χ4v) is 3.53. The number of anilines is 1. The van der Waals surface area contributed by atoms with E-state index >= 15 is 0 Å². The van der Waals surface area contributed by atoms with E-state index in [9.17, 15) is 9.59 Å². The first-order chi connectivity index (χ1) is 13.8. The molecule has 2 aromatic carbocycles. The second kappa shape index (κ2) is 7.37. The van der Waals surface area contributed by atoms with Crippen LogP contribution < -0.4 is 11.1 Å². The van der Waals surface area contributed by atoms with Crippen LogP contribution in [0.1, 0.15) is 50.4 Å². The standard InChI is InChI=1S/C22H21ClN4O2/c1-12-7-15(9-16(23)8-12)20(28)19-21(24)27(11-25-19)18-10-14(4-3-13(18)2)22(29)26-17-5-6-17/h3-4,7-11,17H,5-6,24H2,1-2H3,(H,26,29). The summed E-state index contributed by atoms with van der Waals surface area (Å²) in [5.41, 5.74) is 9.91. The van der Waals surface area contributed by atoms with E-state index in [4.69, 9.17) is 17.3 Å². The number of nitrogens with zero attached hydrogens (tertiary/aromatic N) is 2. The van der Waals surface area contributed by atoms with Crippen LogP contribution in [0.5, 0.6) is 0 Å². The van der Waals surface area contributed by atoms with Crippen LogP contribution in [0.25, 0.3) is 5.69 Å². The summed E-state index contributed by atoms with van der Waals surface area (Å²) < 4.78 is 1.63. The van der Waals surface area contributed by atoms with E-state index in [1.165, 1.54) is 6.33 Å². The van der Waals surface area contributed by atoms with Gasteiger partial charge in [0.1, 0.15) is 12.1 Å². The smallest absolute Gasteiger partial charge is 0.251 e. The molecule has 1 saturated carbocycles. The fourth-order valence-electron chi connectivity index (χ4n) is 3.24. The second-order valence-corrected chi connectivity index (χ2v) is 7.88. The first-order valence-corrected chi connectivity index (χ1v) is 9.78. The number of aromatic nitrogens is 2. The zero-order valence-corrected chi connectivity index (χ0v) is 17.0. The molecule has 148 valence electrons. The summed E-state index contributed by atoms with van der Waals surface area (Å²) in [4.78, 5) is 29.6. The van der Waals surface area contributed by atoms with Crippen molar-refractivity contribution in [1.82, 2.24) is 14.9 Å². The van der Waals surface area contributed by atoms with Crippen molar-refractivity contribution in [3.63, 3.8) is 0 Å². The molecule has 3 aromatic rings. The summed E-state index contributed by atoms with van der Waals surface area (Å²) in [5, 5.41) is 3.46. The average Bonchev–Trinajstić information content (AvgIpc) is 3.40. The van der Waals surface area contributed by atoms with Crippen molar-refractivity contribution in [2.45, 2.75) is 32.7 Å². The Kier molecular flexibility index (Phi) is 4.88. The topological polar surface area (TPSA) is 90.0 Å². The highest BCUT2D eigenvalue weighted by molar-refractivity contribution is 6.31. The molecule has 1 aromatic heterocycles. The lowest BCUT2D eigenvalue weighted by molar-refractivity contribution is 0.0950. The highest BCUT2D eigenvalue weighted by atomic mass is 35.5. The van der Waals surface area contributed by atoms with Gasteiger partial charge in [0, 0.05) is 22.2 Å². The Morgan fingerprint density at radius 1 is 1.14 bits per heavy atom. The third-order valence-electron chi connectivity index (χ3n) is 4.97. The summed E-state index contributed by atoms with van der Waals surface area (Å²) in [5.74, 6) is -0.194. The molecule has 1 aliphatic carbocycles. The average molecular weight is 409 g/mol. The van der Waals surface area contributed by atoms with Gasteiger partial charge in [-0.2, -0.15) is 0 Å². The summed E-state index contributed by atoms with van der Waals surface area (Å²) in [6.45, 7) is 3.78. The zero-order valence-electron chi connectivity index (χ0n) is 16.2. The maximum atomic E-state index is 12.9. The number of rotatable bonds is 5. The number of aryl methyl sites for hydroxylation is 2. The van der Waals surface area contributed by atoms with Crippen molar-refractivity contribution in [1.29, 1.82) is 0 Å². The molecule has 6 nitrogen and oxygen atoms in total. The molecule has 0 bridgehead atoms. The third-order valence-corrected chi connectivity index (χ3v) is 5.19. The SMILES string of the molecule is Cc1cc(Cl)cc(C(=O)c2ncn(-c3cc(C(=O)NC4CC4)ccc3C)c2N)c1. The molecule has 29 heavy (non-hydrogen) atoms. The number of hydrogen-bond acceptors (Lipinski definition) is 4. The molecule has 1 fully saturated rings. The highest BCUT2D eigenvalue weighted by Gasteiger charge is 2.24. The maximum Gasteiger partial charge on any atom is 0.251 e. The number of carbonyl (C=O) groups excluding carboxylic acids is 2. The Hall–Kier alpha value is -3.12. The number of nitrogens with two attached hydrogens (primary N) is 1. The first kappa shape index (κ1) is 19.2. The van der Waals surface area contributed by atoms with Gasteiger partial charge < -0.3 is 11.1 Å². The Labute approximate surface area is 173 Å². The van der Waals surface area contributed by atoms with Crippen LogP contribution in [0, 0.1) is 13.8 Å². The number of ketones is 1. The van der Waals surface area contributed by atoms with E-state index in [0.29, 0.717) is 21.8 Å². The number of hydrogen-bond donors (Lipinski definition) is 2. The van der Waals surface area contributed by atoms with Gasteiger partial charge in [-0.1, -0.05) is 17.7 Å². The normalized spacial score (nSPS) is 13.3. The minimum absolute atomic E-state index is 0.113.